The van der Waals surface area contributed by atoms with E-state index < -0.39 is 6.10 Å². The maximum atomic E-state index is 11.3. The number of aliphatic hydroxyl groups excluding tert-OH is 1. The maximum Gasteiger partial charge on any atom is 0.0950 e. The Morgan fingerprint density at radius 3 is 2.54 bits per heavy atom. The maximum absolute atomic E-state index is 11.3. The van der Waals surface area contributed by atoms with Gasteiger partial charge in [-0.25, -0.2) is 4.98 Å². The van der Waals surface area contributed by atoms with Crippen LogP contribution in [0.4, 0.5) is 0 Å². The fraction of sp³-hybridized carbons (Fsp3) is 0.240. The predicted molar refractivity (Wildman–Crippen MR) is 115 cm³/mol. The van der Waals surface area contributed by atoms with E-state index in [9.17, 15) is 5.11 Å². The van der Waals surface area contributed by atoms with E-state index in [1.54, 1.807) is 0 Å². The molecule has 1 aliphatic rings. The smallest absolute Gasteiger partial charge is 0.0950 e. The number of aliphatic hydroxyl groups is 1. The first kappa shape index (κ1) is 17.4. The number of hydrogen-bond acceptors (Lipinski definition) is 3. The molecule has 0 bridgehead atoms. The van der Waals surface area contributed by atoms with E-state index in [4.69, 9.17) is 4.98 Å². The van der Waals surface area contributed by atoms with E-state index in [1.165, 1.54) is 11.8 Å². The van der Waals surface area contributed by atoms with Crippen LogP contribution in [0.1, 0.15) is 30.9 Å². The van der Waals surface area contributed by atoms with Gasteiger partial charge in [-0.1, -0.05) is 73.2 Å². The van der Waals surface area contributed by atoms with Crippen LogP contribution in [0, 0.1) is 0 Å². The Labute approximate surface area is 165 Å². The van der Waals surface area contributed by atoms with Crippen molar-refractivity contribution in [3.8, 4) is 11.3 Å². The van der Waals surface area contributed by atoms with Gasteiger partial charge in [0, 0.05) is 22.4 Å². The molecule has 0 amide bonds. The second-order valence-corrected chi connectivity index (χ2v) is 7.65. The van der Waals surface area contributed by atoms with Gasteiger partial charge in [0.1, 0.15) is 0 Å². The number of fused-ring (bicyclic) bond motifs is 3. The van der Waals surface area contributed by atoms with E-state index in [2.05, 4.69) is 59.9 Å². The Bertz CT molecular complexity index is 1120. The minimum atomic E-state index is -0.547. The predicted octanol–water partition coefficient (Wildman–Crippen LogP) is 5.23. The minimum Gasteiger partial charge on any atom is -0.387 e. The molecule has 2 atom stereocenters. The highest BCUT2D eigenvalue weighted by Crippen LogP contribution is 2.35. The fourth-order valence-electron chi connectivity index (χ4n) is 4.35. The van der Waals surface area contributed by atoms with Crippen molar-refractivity contribution in [3.05, 3.63) is 78.4 Å². The summed E-state index contributed by atoms with van der Waals surface area (Å²) in [6.07, 6.45) is 2.79. The quantitative estimate of drug-likeness (QED) is 0.487. The molecular weight excluding hydrogens is 344 g/mol. The molecule has 3 heteroatoms. The van der Waals surface area contributed by atoms with Gasteiger partial charge in [-0.3, -0.25) is 0 Å². The second-order valence-electron chi connectivity index (χ2n) is 7.65. The molecule has 1 saturated heterocycles. The molecule has 28 heavy (non-hydrogen) atoms. The number of nitrogens with one attached hydrogen (secondary N) is 1. The number of pyridine rings is 1. The van der Waals surface area contributed by atoms with E-state index in [0.717, 1.165) is 52.5 Å². The summed E-state index contributed by atoms with van der Waals surface area (Å²) in [5, 5.41) is 18.1. The summed E-state index contributed by atoms with van der Waals surface area (Å²) < 4.78 is 0. The number of nitrogens with zero attached hydrogens (tertiary/aromatic N) is 1. The van der Waals surface area contributed by atoms with Crippen LogP contribution in [-0.4, -0.2) is 22.7 Å². The third-order valence-electron chi connectivity index (χ3n) is 5.85. The van der Waals surface area contributed by atoms with Crippen LogP contribution >= 0.6 is 0 Å². The third-order valence-corrected chi connectivity index (χ3v) is 5.85. The summed E-state index contributed by atoms with van der Waals surface area (Å²) in [6, 6.07) is 25.0. The molecule has 140 valence electrons. The van der Waals surface area contributed by atoms with Gasteiger partial charge < -0.3 is 10.4 Å². The molecule has 1 aromatic heterocycles. The summed E-state index contributed by atoms with van der Waals surface area (Å²) in [5.41, 5.74) is 3.91. The lowest BCUT2D eigenvalue weighted by atomic mass is 9.91. The van der Waals surface area contributed by atoms with Crippen LogP contribution < -0.4 is 5.32 Å². The van der Waals surface area contributed by atoms with Gasteiger partial charge >= 0.3 is 0 Å². The summed E-state index contributed by atoms with van der Waals surface area (Å²) in [4.78, 5) is 5.03. The minimum absolute atomic E-state index is 0.0921. The van der Waals surface area contributed by atoms with Crippen LogP contribution in [-0.2, 0) is 0 Å². The standard InChI is InChI=1S/C25H24N2O/c28-25(22-12-6-7-15-26-22)21-16-23(18-9-2-1-3-10-18)27-24-19-11-5-4-8-17(19)13-14-20(21)24/h1-5,8-11,13-14,16,22,25-26,28H,6-7,12,15H2/t22-,25-/m0/s1. The summed E-state index contributed by atoms with van der Waals surface area (Å²) in [7, 11) is 0. The van der Waals surface area contributed by atoms with Gasteiger partial charge in [-0.15, -0.1) is 0 Å². The zero-order chi connectivity index (χ0) is 18.9. The largest absolute Gasteiger partial charge is 0.387 e. The SMILES string of the molecule is O[C@@H](c1cc(-c2ccccc2)nc2c1ccc1ccccc12)[C@@H]1CCCCN1. The molecule has 0 radical (unpaired) electrons. The van der Waals surface area contributed by atoms with Crippen molar-refractivity contribution in [2.75, 3.05) is 6.54 Å². The molecule has 0 aliphatic carbocycles. The normalized spacial score (nSPS) is 18.4. The summed E-state index contributed by atoms with van der Waals surface area (Å²) in [6.45, 7) is 0.971. The molecule has 0 saturated carbocycles. The van der Waals surface area contributed by atoms with Gasteiger partial charge in [-0.05, 0) is 36.4 Å². The molecule has 0 unspecified atom stereocenters. The van der Waals surface area contributed by atoms with Crippen LogP contribution in [0.15, 0.2) is 72.8 Å². The molecule has 4 aromatic rings. The van der Waals surface area contributed by atoms with Gasteiger partial charge in [0.05, 0.1) is 17.3 Å². The summed E-state index contributed by atoms with van der Waals surface area (Å²) in [5.74, 6) is 0. The van der Waals surface area contributed by atoms with Crippen LogP contribution in [0.3, 0.4) is 0 Å². The average molecular weight is 368 g/mol. The van der Waals surface area contributed by atoms with Gasteiger partial charge in [0.2, 0.25) is 0 Å². The first-order valence-corrected chi connectivity index (χ1v) is 10.1. The first-order chi connectivity index (χ1) is 13.8. The molecule has 5 rings (SSSR count). The van der Waals surface area contributed by atoms with Gasteiger partial charge in [-0.2, -0.15) is 0 Å². The van der Waals surface area contributed by atoms with Crippen molar-refractivity contribution in [3.63, 3.8) is 0 Å². The van der Waals surface area contributed by atoms with Crippen molar-refractivity contribution in [1.29, 1.82) is 0 Å². The fourth-order valence-corrected chi connectivity index (χ4v) is 4.35. The second kappa shape index (κ2) is 7.34. The Kier molecular flexibility index (Phi) is 4.55. The van der Waals surface area contributed by atoms with E-state index in [1.807, 2.05) is 18.2 Å². The third kappa shape index (κ3) is 3.07. The van der Waals surface area contributed by atoms with Crippen molar-refractivity contribution in [2.45, 2.75) is 31.4 Å². The topological polar surface area (TPSA) is 45.2 Å². The molecule has 1 fully saturated rings. The van der Waals surface area contributed by atoms with Crippen LogP contribution in [0.5, 0.6) is 0 Å². The molecule has 1 aliphatic heterocycles. The van der Waals surface area contributed by atoms with Crippen molar-refractivity contribution in [2.24, 2.45) is 0 Å². The number of aromatic nitrogens is 1. The number of benzene rings is 3. The van der Waals surface area contributed by atoms with Crippen molar-refractivity contribution in [1.82, 2.24) is 10.3 Å². The highest BCUT2D eigenvalue weighted by Gasteiger charge is 2.25. The number of hydrogen-bond donors (Lipinski definition) is 2. The highest BCUT2D eigenvalue weighted by molar-refractivity contribution is 6.07. The van der Waals surface area contributed by atoms with E-state index >= 15 is 0 Å². The molecule has 2 heterocycles. The summed E-state index contributed by atoms with van der Waals surface area (Å²) >= 11 is 0. The Morgan fingerprint density at radius 2 is 1.71 bits per heavy atom. The van der Waals surface area contributed by atoms with E-state index in [0.29, 0.717) is 0 Å². The van der Waals surface area contributed by atoms with Crippen molar-refractivity contribution < 1.29 is 5.11 Å². The lowest BCUT2D eigenvalue weighted by Crippen LogP contribution is -2.38. The molecular formula is C25H24N2O. The van der Waals surface area contributed by atoms with E-state index in [-0.39, 0.29) is 6.04 Å². The lowest BCUT2D eigenvalue weighted by molar-refractivity contribution is 0.115. The Morgan fingerprint density at radius 1 is 0.893 bits per heavy atom. The number of piperidine rings is 1. The first-order valence-electron chi connectivity index (χ1n) is 10.1. The lowest BCUT2D eigenvalue weighted by Gasteiger charge is -2.29. The van der Waals surface area contributed by atoms with Crippen molar-refractivity contribution >= 4 is 21.7 Å². The molecule has 3 aromatic carbocycles. The van der Waals surface area contributed by atoms with Crippen LogP contribution in [0.2, 0.25) is 0 Å². The highest BCUT2D eigenvalue weighted by atomic mass is 16.3. The Balaban J connectivity index is 1.76. The van der Waals surface area contributed by atoms with Gasteiger partial charge in [0.25, 0.3) is 0 Å². The zero-order valence-electron chi connectivity index (χ0n) is 15.8. The molecule has 2 N–H and O–H groups in total. The van der Waals surface area contributed by atoms with Crippen LogP contribution in [0.25, 0.3) is 32.9 Å². The molecule has 0 spiro atoms. The molecule has 3 nitrogen and oxygen atoms in total. The van der Waals surface area contributed by atoms with Gasteiger partial charge in [0.15, 0.2) is 0 Å². The monoisotopic (exact) mass is 368 g/mol. The average Bonchev–Trinajstić information content (AvgIpc) is 2.79. The number of rotatable bonds is 3. The Hall–Kier alpha value is -2.75. The zero-order valence-corrected chi connectivity index (χ0v) is 15.8.